The number of anilines is 1. The zero-order valence-electron chi connectivity index (χ0n) is 17.4. The molecular weight excluding hydrogens is 493 g/mol. The van der Waals surface area contributed by atoms with Gasteiger partial charge in [0.1, 0.15) is 4.90 Å². The molecule has 6 nitrogen and oxygen atoms in total. The van der Waals surface area contributed by atoms with Gasteiger partial charge in [0.25, 0.3) is 0 Å². The fourth-order valence-electron chi connectivity index (χ4n) is 4.29. The number of hydrogen-bond acceptors (Lipinski definition) is 4. The Hall–Kier alpha value is -1.51. The third-order valence-electron chi connectivity index (χ3n) is 6.01. The molecule has 0 radical (unpaired) electrons. The molecule has 2 fully saturated rings. The molecular formula is C22H24Cl3N3O3S. The van der Waals surface area contributed by atoms with Crippen LogP contribution >= 0.6 is 34.8 Å². The SMILES string of the molecule is O=C([C@@H]1CCCN(S(=O)(=O)c2cc(Cl)ccc2Cl)C1)N1CCN(c2cccc(Cl)c2)CC1. The monoisotopic (exact) mass is 515 g/mol. The highest BCUT2D eigenvalue weighted by atomic mass is 35.5. The summed E-state index contributed by atoms with van der Waals surface area (Å²) in [5.74, 6) is -0.359. The van der Waals surface area contributed by atoms with Gasteiger partial charge in [-0.3, -0.25) is 4.79 Å². The Labute approximate surface area is 203 Å². The fraction of sp³-hybridized carbons (Fsp3) is 0.409. The van der Waals surface area contributed by atoms with Crippen LogP contribution in [0.15, 0.2) is 47.4 Å². The van der Waals surface area contributed by atoms with Crippen molar-refractivity contribution < 1.29 is 13.2 Å². The van der Waals surface area contributed by atoms with Crippen molar-refractivity contribution in [3.63, 3.8) is 0 Å². The van der Waals surface area contributed by atoms with Gasteiger partial charge in [-0.1, -0.05) is 40.9 Å². The highest BCUT2D eigenvalue weighted by Crippen LogP contribution is 2.31. The van der Waals surface area contributed by atoms with E-state index in [1.165, 1.54) is 16.4 Å². The number of hydrogen-bond donors (Lipinski definition) is 0. The Bertz CT molecular complexity index is 1100. The third-order valence-corrected chi connectivity index (χ3v) is 8.83. The lowest BCUT2D eigenvalue weighted by atomic mass is 9.97. The van der Waals surface area contributed by atoms with E-state index in [0.717, 1.165) is 5.69 Å². The zero-order chi connectivity index (χ0) is 22.9. The predicted molar refractivity (Wildman–Crippen MR) is 128 cm³/mol. The van der Waals surface area contributed by atoms with E-state index < -0.39 is 10.0 Å². The summed E-state index contributed by atoms with van der Waals surface area (Å²) in [6.45, 7) is 3.11. The molecule has 0 N–H and O–H groups in total. The number of carbonyl (C=O) groups excluding carboxylic acids is 1. The first-order valence-electron chi connectivity index (χ1n) is 10.5. The Morgan fingerprint density at radius 2 is 1.62 bits per heavy atom. The average Bonchev–Trinajstić information content (AvgIpc) is 2.80. The van der Waals surface area contributed by atoms with Gasteiger partial charge >= 0.3 is 0 Å². The second-order valence-corrected chi connectivity index (χ2v) is 11.3. The first kappa shape index (κ1) is 23.6. The number of piperazine rings is 1. The van der Waals surface area contributed by atoms with Crippen LogP contribution in [-0.4, -0.2) is 62.8 Å². The highest BCUT2D eigenvalue weighted by Gasteiger charge is 2.36. The number of carbonyl (C=O) groups is 1. The van der Waals surface area contributed by atoms with Gasteiger partial charge in [0, 0.05) is 55.0 Å². The number of benzene rings is 2. The number of piperidine rings is 1. The minimum Gasteiger partial charge on any atom is -0.368 e. The molecule has 1 atom stereocenters. The normalized spacial score (nSPS) is 20.4. The number of amides is 1. The van der Waals surface area contributed by atoms with Gasteiger partial charge in [-0.2, -0.15) is 4.31 Å². The van der Waals surface area contributed by atoms with Gasteiger partial charge in [-0.15, -0.1) is 0 Å². The Morgan fingerprint density at radius 1 is 0.906 bits per heavy atom. The van der Waals surface area contributed by atoms with Gasteiger partial charge in [0.2, 0.25) is 15.9 Å². The summed E-state index contributed by atoms with van der Waals surface area (Å²) in [5.41, 5.74) is 1.04. The van der Waals surface area contributed by atoms with Crippen molar-refractivity contribution in [3.05, 3.63) is 57.5 Å². The summed E-state index contributed by atoms with van der Waals surface area (Å²) >= 11 is 18.2. The molecule has 2 aromatic rings. The Balaban J connectivity index is 1.41. The lowest BCUT2D eigenvalue weighted by Crippen LogP contribution is -2.53. The first-order valence-corrected chi connectivity index (χ1v) is 13.1. The molecule has 0 unspecified atom stereocenters. The molecule has 2 aliphatic heterocycles. The number of rotatable bonds is 4. The maximum Gasteiger partial charge on any atom is 0.244 e. The smallest absolute Gasteiger partial charge is 0.244 e. The second-order valence-electron chi connectivity index (χ2n) is 8.07. The molecule has 172 valence electrons. The summed E-state index contributed by atoms with van der Waals surface area (Å²) in [5, 5.41) is 1.11. The lowest BCUT2D eigenvalue weighted by molar-refractivity contribution is -0.137. The van der Waals surface area contributed by atoms with Crippen LogP contribution in [0.1, 0.15) is 12.8 Å². The quantitative estimate of drug-likeness (QED) is 0.604. The number of halogens is 3. The summed E-state index contributed by atoms with van der Waals surface area (Å²) in [6.07, 6.45) is 1.29. The van der Waals surface area contributed by atoms with E-state index in [1.54, 1.807) is 6.07 Å². The molecule has 0 bridgehead atoms. The van der Waals surface area contributed by atoms with Crippen molar-refractivity contribution in [2.75, 3.05) is 44.2 Å². The molecule has 0 saturated carbocycles. The van der Waals surface area contributed by atoms with Crippen molar-refractivity contribution >= 4 is 56.4 Å². The van der Waals surface area contributed by atoms with E-state index in [4.69, 9.17) is 34.8 Å². The topological polar surface area (TPSA) is 60.9 Å². The average molecular weight is 517 g/mol. The van der Waals surface area contributed by atoms with Crippen molar-refractivity contribution in [2.24, 2.45) is 5.92 Å². The third kappa shape index (κ3) is 5.02. The maximum atomic E-state index is 13.2. The predicted octanol–water partition coefficient (Wildman–Crippen LogP) is 4.40. The molecule has 0 aliphatic carbocycles. The Kier molecular flexibility index (Phi) is 7.22. The van der Waals surface area contributed by atoms with Gasteiger partial charge in [0.15, 0.2) is 0 Å². The summed E-state index contributed by atoms with van der Waals surface area (Å²) < 4.78 is 27.7. The van der Waals surface area contributed by atoms with E-state index in [9.17, 15) is 13.2 Å². The van der Waals surface area contributed by atoms with Gasteiger partial charge in [-0.25, -0.2) is 8.42 Å². The van der Waals surface area contributed by atoms with Crippen molar-refractivity contribution in [1.82, 2.24) is 9.21 Å². The van der Waals surface area contributed by atoms with Crippen LogP contribution in [-0.2, 0) is 14.8 Å². The molecule has 0 aromatic heterocycles. The van der Waals surface area contributed by atoms with Crippen LogP contribution in [0.5, 0.6) is 0 Å². The first-order chi connectivity index (χ1) is 15.3. The van der Waals surface area contributed by atoms with E-state index in [2.05, 4.69) is 4.90 Å². The molecule has 2 saturated heterocycles. The van der Waals surface area contributed by atoms with Crippen LogP contribution in [0, 0.1) is 5.92 Å². The molecule has 0 spiro atoms. The maximum absolute atomic E-state index is 13.2. The molecule has 10 heteroatoms. The van der Waals surface area contributed by atoms with Crippen molar-refractivity contribution in [3.8, 4) is 0 Å². The zero-order valence-corrected chi connectivity index (χ0v) is 20.5. The highest BCUT2D eigenvalue weighted by molar-refractivity contribution is 7.89. The summed E-state index contributed by atoms with van der Waals surface area (Å²) in [4.78, 5) is 17.2. The van der Waals surface area contributed by atoms with E-state index in [0.29, 0.717) is 55.6 Å². The number of nitrogens with zero attached hydrogens (tertiary/aromatic N) is 3. The van der Waals surface area contributed by atoms with Crippen molar-refractivity contribution in [1.29, 1.82) is 0 Å². The van der Waals surface area contributed by atoms with Crippen LogP contribution in [0.25, 0.3) is 0 Å². The molecule has 2 aliphatic rings. The largest absolute Gasteiger partial charge is 0.368 e. The minimum atomic E-state index is -3.84. The van der Waals surface area contributed by atoms with Gasteiger partial charge < -0.3 is 9.80 Å². The standard InChI is InChI=1S/C22H24Cl3N3O3S/c23-17-4-1-5-19(13-17)26-9-11-27(12-10-26)22(29)16-3-2-8-28(15-16)32(30,31)21-14-18(24)6-7-20(21)25/h1,4-7,13-14,16H,2-3,8-12,15H2/t16-/m1/s1. The molecule has 32 heavy (non-hydrogen) atoms. The van der Waals surface area contributed by atoms with Crippen LogP contribution in [0.3, 0.4) is 0 Å². The lowest BCUT2D eigenvalue weighted by Gasteiger charge is -2.39. The van der Waals surface area contributed by atoms with Crippen LogP contribution in [0.2, 0.25) is 15.1 Å². The molecule has 2 heterocycles. The summed E-state index contributed by atoms with van der Waals surface area (Å²) in [7, 11) is -3.84. The number of sulfonamides is 1. The fourth-order valence-corrected chi connectivity index (χ4v) is 6.74. The molecule has 4 rings (SSSR count). The van der Waals surface area contributed by atoms with E-state index >= 15 is 0 Å². The van der Waals surface area contributed by atoms with Gasteiger partial charge in [-0.05, 0) is 49.2 Å². The molecule has 1 amide bonds. The minimum absolute atomic E-state index is 0.00725. The van der Waals surface area contributed by atoms with E-state index in [1.807, 2.05) is 29.2 Å². The second kappa shape index (κ2) is 9.77. The van der Waals surface area contributed by atoms with Crippen molar-refractivity contribution in [2.45, 2.75) is 17.7 Å². The van der Waals surface area contributed by atoms with Crippen LogP contribution < -0.4 is 4.90 Å². The summed E-state index contributed by atoms with van der Waals surface area (Å²) in [6, 6.07) is 12.1. The molecule has 2 aromatic carbocycles. The van der Waals surface area contributed by atoms with Crippen LogP contribution in [0.4, 0.5) is 5.69 Å². The van der Waals surface area contributed by atoms with E-state index in [-0.39, 0.29) is 28.3 Å². The Morgan fingerprint density at radius 3 is 2.34 bits per heavy atom. The van der Waals surface area contributed by atoms with Gasteiger partial charge in [0.05, 0.1) is 10.9 Å².